The summed E-state index contributed by atoms with van der Waals surface area (Å²) in [5.41, 5.74) is 2.93. The highest BCUT2D eigenvalue weighted by Gasteiger charge is 2.33. The number of benzene rings is 2. The van der Waals surface area contributed by atoms with Crippen LogP contribution >= 0.6 is 0 Å². The molecule has 2 heteroatoms. The van der Waals surface area contributed by atoms with Crippen molar-refractivity contribution in [3.05, 3.63) is 78.0 Å². The highest BCUT2D eigenvalue weighted by Crippen LogP contribution is 2.33. The average molecular weight is 333 g/mol. The first-order chi connectivity index (χ1) is 12.4. The second-order valence-corrected chi connectivity index (χ2v) is 7.55. The molecule has 0 amide bonds. The van der Waals surface area contributed by atoms with Crippen molar-refractivity contribution in [3.63, 3.8) is 0 Å². The van der Waals surface area contributed by atoms with E-state index < -0.39 is 0 Å². The summed E-state index contributed by atoms with van der Waals surface area (Å²) in [4.78, 5) is 5.30. The van der Waals surface area contributed by atoms with E-state index in [9.17, 15) is 0 Å². The maximum atomic E-state index is 2.68. The second kappa shape index (κ2) is 8.16. The van der Waals surface area contributed by atoms with Gasteiger partial charge in [-0.2, -0.15) is 0 Å². The Bertz CT molecular complexity index is 632. The fourth-order valence-electron chi connectivity index (χ4n) is 4.39. The highest BCUT2D eigenvalue weighted by atomic mass is 15.4. The third-order valence-electron chi connectivity index (χ3n) is 5.76. The van der Waals surface area contributed by atoms with Crippen molar-refractivity contribution in [2.24, 2.45) is 5.92 Å². The van der Waals surface area contributed by atoms with Crippen molar-refractivity contribution in [3.8, 4) is 0 Å². The van der Waals surface area contributed by atoms with Gasteiger partial charge in [-0.3, -0.25) is 9.80 Å². The van der Waals surface area contributed by atoms with E-state index in [-0.39, 0.29) is 0 Å². The molecule has 2 nitrogen and oxygen atoms in total. The van der Waals surface area contributed by atoms with Crippen LogP contribution in [-0.2, 0) is 13.0 Å². The lowest BCUT2D eigenvalue weighted by Crippen LogP contribution is -2.42. The number of nitrogens with zero attached hydrogens (tertiary/aromatic N) is 2. The maximum Gasteiger partial charge on any atom is 0.107 e. The van der Waals surface area contributed by atoms with Gasteiger partial charge >= 0.3 is 0 Å². The van der Waals surface area contributed by atoms with Gasteiger partial charge in [0.05, 0.1) is 0 Å². The largest absolute Gasteiger partial charge is 0.283 e. The molecule has 0 unspecified atom stereocenters. The van der Waals surface area contributed by atoms with Crippen LogP contribution in [0.15, 0.2) is 60.7 Å². The summed E-state index contributed by atoms with van der Waals surface area (Å²) in [5.74, 6) is 0.850. The van der Waals surface area contributed by atoms with Gasteiger partial charge in [0.15, 0.2) is 0 Å². The molecule has 2 aliphatic heterocycles. The van der Waals surface area contributed by atoms with Crippen LogP contribution in [0, 0.1) is 12.1 Å². The Morgan fingerprint density at radius 2 is 1.40 bits per heavy atom. The molecule has 0 saturated carbocycles. The monoisotopic (exact) mass is 333 g/mol. The zero-order valence-corrected chi connectivity index (χ0v) is 15.1. The number of rotatable bonds is 5. The van der Waals surface area contributed by atoms with Crippen LogP contribution in [0.25, 0.3) is 0 Å². The van der Waals surface area contributed by atoms with Crippen molar-refractivity contribution < 1.29 is 0 Å². The zero-order valence-electron chi connectivity index (χ0n) is 15.1. The van der Waals surface area contributed by atoms with Crippen LogP contribution in [0.3, 0.4) is 0 Å². The van der Waals surface area contributed by atoms with E-state index in [1.54, 1.807) is 6.17 Å². The van der Waals surface area contributed by atoms with Gasteiger partial charge < -0.3 is 0 Å². The van der Waals surface area contributed by atoms with E-state index in [4.69, 9.17) is 0 Å². The van der Waals surface area contributed by atoms with Crippen LogP contribution in [0.5, 0.6) is 0 Å². The minimum absolute atomic E-state index is 0.850. The van der Waals surface area contributed by atoms with Gasteiger partial charge in [-0.1, -0.05) is 60.7 Å². The van der Waals surface area contributed by atoms with Crippen molar-refractivity contribution >= 4 is 0 Å². The molecule has 0 N–H and O–H groups in total. The van der Waals surface area contributed by atoms with Crippen molar-refractivity contribution in [1.82, 2.24) is 9.80 Å². The molecule has 0 atom stereocenters. The van der Waals surface area contributed by atoms with E-state index in [0.717, 1.165) is 12.5 Å². The standard InChI is InChI=1S/C23H29N2/c1-3-8-20(9-4-1)18-21-13-16-24(17-14-21)23-12-7-15-25(23)19-22-10-5-2-6-11-22/h1-6,8-11,21H,7,12-19H2. The molecular formula is C23H29N2. The Kier molecular flexibility index (Phi) is 5.49. The molecule has 2 aromatic carbocycles. The minimum atomic E-state index is 0.850. The fourth-order valence-corrected chi connectivity index (χ4v) is 4.39. The Balaban J connectivity index is 1.30. The summed E-state index contributed by atoms with van der Waals surface area (Å²) in [6, 6.07) is 21.9. The molecule has 2 fully saturated rings. The molecule has 4 rings (SSSR count). The first-order valence-corrected chi connectivity index (χ1v) is 9.82. The summed E-state index contributed by atoms with van der Waals surface area (Å²) >= 11 is 0. The predicted molar refractivity (Wildman–Crippen MR) is 104 cm³/mol. The molecule has 1 radical (unpaired) electrons. The first kappa shape index (κ1) is 16.8. The van der Waals surface area contributed by atoms with Crippen LogP contribution in [0.1, 0.15) is 36.8 Å². The fraction of sp³-hybridized carbons (Fsp3) is 0.435. The van der Waals surface area contributed by atoms with Gasteiger partial charge in [0.1, 0.15) is 6.17 Å². The van der Waals surface area contributed by atoms with Crippen LogP contribution < -0.4 is 0 Å². The lowest BCUT2D eigenvalue weighted by atomic mass is 9.90. The molecule has 0 bridgehead atoms. The van der Waals surface area contributed by atoms with Gasteiger partial charge in [-0.05, 0) is 49.1 Å². The molecule has 131 valence electrons. The molecule has 0 spiro atoms. The molecule has 2 heterocycles. The SMILES string of the molecule is c1ccc(CC2CCN([C]3CCCN3Cc3ccccc3)CC2)cc1. The van der Waals surface area contributed by atoms with Crippen molar-refractivity contribution in [2.45, 2.75) is 38.6 Å². The lowest BCUT2D eigenvalue weighted by Gasteiger charge is -2.39. The normalized spacial score (nSPS) is 21.0. The average Bonchev–Trinajstić information content (AvgIpc) is 3.12. The smallest absolute Gasteiger partial charge is 0.107 e. The van der Waals surface area contributed by atoms with Crippen molar-refractivity contribution in [2.75, 3.05) is 19.6 Å². The summed E-state index contributed by atoms with van der Waals surface area (Å²) < 4.78 is 0. The molecule has 25 heavy (non-hydrogen) atoms. The molecule has 0 aliphatic carbocycles. The van der Waals surface area contributed by atoms with Crippen LogP contribution in [-0.4, -0.2) is 29.4 Å². The summed E-state index contributed by atoms with van der Waals surface area (Å²) in [6.07, 6.45) is 8.08. The van der Waals surface area contributed by atoms with Gasteiger partial charge in [0, 0.05) is 26.2 Å². The Labute approximate surface area is 152 Å². The van der Waals surface area contributed by atoms with Gasteiger partial charge in [0.2, 0.25) is 0 Å². The Morgan fingerprint density at radius 3 is 2.08 bits per heavy atom. The van der Waals surface area contributed by atoms with E-state index in [1.165, 1.54) is 62.9 Å². The highest BCUT2D eigenvalue weighted by molar-refractivity contribution is 5.17. The van der Waals surface area contributed by atoms with E-state index >= 15 is 0 Å². The zero-order chi connectivity index (χ0) is 16.9. The first-order valence-electron chi connectivity index (χ1n) is 9.82. The summed E-state index contributed by atoms with van der Waals surface area (Å²) in [7, 11) is 0. The van der Waals surface area contributed by atoms with Crippen LogP contribution in [0.4, 0.5) is 0 Å². The van der Waals surface area contributed by atoms with Gasteiger partial charge in [-0.25, -0.2) is 0 Å². The molecule has 2 aliphatic rings. The van der Waals surface area contributed by atoms with Crippen molar-refractivity contribution in [1.29, 1.82) is 0 Å². The van der Waals surface area contributed by atoms with E-state index in [1.807, 2.05) is 0 Å². The number of hydrogen-bond donors (Lipinski definition) is 0. The van der Waals surface area contributed by atoms with Gasteiger partial charge in [-0.15, -0.1) is 0 Å². The summed E-state index contributed by atoms with van der Waals surface area (Å²) in [6.45, 7) is 4.75. The molecule has 2 aromatic rings. The molecule has 0 aromatic heterocycles. The number of likely N-dealkylation sites (tertiary alicyclic amines) is 2. The third kappa shape index (κ3) is 4.31. The number of hydrogen-bond acceptors (Lipinski definition) is 2. The predicted octanol–water partition coefficient (Wildman–Crippen LogP) is 4.73. The van der Waals surface area contributed by atoms with Gasteiger partial charge in [0.25, 0.3) is 0 Å². The Hall–Kier alpha value is -1.64. The second-order valence-electron chi connectivity index (χ2n) is 7.55. The lowest BCUT2D eigenvalue weighted by molar-refractivity contribution is 0.116. The quantitative estimate of drug-likeness (QED) is 0.781. The van der Waals surface area contributed by atoms with E-state index in [2.05, 4.69) is 70.5 Å². The molecular weight excluding hydrogens is 304 g/mol. The molecule has 2 saturated heterocycles. The van der Waals surface area contributed by atoms with E-state index in [0.29, 0.717) is 0 Å². The topological polar surface area (TPSA) is 6.48 Å². The Morgan fingerprint density at radius 1 is 0.760 bits per heavy atom. The number of piperidine rings is 1. The maximum absolute atomic E-state index is 2.68. The van der Waals surface area contributed by atoms with Crippen LogP contribution in [0.2, 0.25) is 0 Å². The minimum Gasteiger partial charge on any atom is -0.283 e. The summed E-state index contributed by atoms with van der Waals surface area (Å²) in [5, 5.41) is 0. The third-order valence-corrected chi connectivity index (χ3v) is 5.76.